The van der Waals surface area contributed by atoms with Crippen LogP contribution in [-0.2, 0) is 0 Å². The van der Waals surface area contributed by atoms with Gasteiger partial charge in [-0.1, -0.05) is 94.7 Å². The number of aliphatic hydroxyl groups excluding tert-OH is 2. The predicted molar refractivity (Wildman–Crippen MR) is 118 cm³/mol. The van der Waals surface area contributed by atoms with E-state index in [1.807, 2.05) is 19.1 Å². The van der Waals surface area contributed by atoms with E-state index in [-0.39, 0.29) is 0 Å². The molecule has 0 aromatic heterocycles. The summed E-state index contributed by atoms with van der Waals surface area (Å²) in [4.78, 5) is 0. The monoisotopic (exact) mass is 364 g/mol. The van der Waals surface area contributed by atoms with Crippen LogP contribution in [0, 0.1) is 0 Å². The Morgan fingerprint density at radius 3 is 1.62 bits per heavy atom. The van der Waals surface area contributed by atoms with Crippen molar-refractivity contribution >= 4 is 0 Å². The molecule has 0 unspecified atom stereocenters. The number of hydrogen-bond donors (Lipinski definition) is 2. The minimum absolute atomic E-state index is 0.348. The molecule has 0 spiro atoms. The molecule has 0 amide bonds. The van der Waals surface area contributed by atoms with E-state index in [1.54, 1.807) is 6.08 Å². The second-order valence-electron chi connectivity index (χ2n) is 6.56. The van der Waals surface area contributed by atoms with Crippen molar-refractivity contribution in [2.75, 3.05) is 6.61 Å². The number of hydrogen-bond acceptors (Lipinski definition) is 2. The fourth-order valence-corrected chi connectivity index (χ4v) is 2.46. The number of rotatable bonds is 16. The number of allylic oxidation sites excluding steroid dienone is 7. The summed E-state index contributed by atoms with van der Waals surface area (Å²) in [7, 11) is 0. The van der Waals surface area contributed by atoms with Gasteiger partial charge in [0.15, 0.2) is 0 Å². The van der Waals surface area contributed by atoms with Crippen molar-refractivity contribution in [3.63, 3.8) is 0 Å². The topological polar surface area (TPSA) is 40.5 Å². The minimum Gasteiger partial charge on any atom is -0.516 e. The molecule has 0 aromatic carbocycles. The number of unbranched alkanes of at least 4 members (excludes halogenated alkanes) is 11. The molecule has 26 heavy (non-hydrogen) atoms. The summed E-state index contributed by atoms with van der Waals surface area (Å²) in [5, 5.41) is 16.9. The molecule has 152 valence electrons. The van der Waals surface area contributed by atoms with Crippen LogP contribution in [0.15, 0.2) is 48.8 Å². The van der Waals surface area contributed by atoms with Gasteiger partial charge in [-0.2, -0.15) is 0 Å². The molecule has 2 nitrogen and oxygen atoms in total. The van der Waals surface area contributed by atoms with Gasteiger partial charge in [0.1, 0.15) is 0 Å². The molecule has 0 radical (unpaired) electrons. The third-order valence-electron chi connectivity index (χ3n) is 4.03. The first-order valence-electron chi connectivity index (χ1n) is 10.7. The van der Waals surface area contributed by atoms with E-state index in [0.29, 0.717) is 6.61 Å². The Labute approximate surface area is 163 Å². The third kappa shape index (κ3) is 30.6. The van der Waals surface area contributed by atoms with Crippen LogP contribution in [0.25, 0.3) is 0 Å². The second kappa shape index (κ2) is 28.5. The molecule has 0 aliphatic rings. The number of aliphatic hydroxyl groups is 2. The van der Waals surface area contributed by atoms with E-state index in [1.165, 1.54) is 70.6 Å². The average molecular weight is 365 g/mol. The van der Waals surface area contributed by atoms with E-state index >= 15 is 0 Å². The summed E-state index contributed by atoms with van der Waals surface area (Å²) < 4.78 is 0. The zero-order valence-electron chi connectivity index (χ0n) is 17.4. The van der Waals surface area contributed by atoms with Gasteiger partial charge in [0.2, 0.25) is 0 Å². The largest absolute Gasteiger partial charge is 0.516 e. The second-order valence-corrected chi connectivity index (χ2v) is 6.56. The highest BCUT2D eigenvalue weighted by atomic mass is 16.3. The van der Waals surface area contributed by atoms with Crippen LogP contribution in [0.1, 0.15) is 97.3 Å². The molecule has 0 atom stereocenters. The Bertz CT molecular complexity index is 306. The van der Waals surface area contributed by atoms with E-state index in [4.69, 9.17) is 10.2 Å². The molecular weight excluding hydrogens is 320 g/mol. The molecule has 0 saturated heterocycles. The van der Waals surface area contributed by atoms with Crippen molar-refractivity contribution in [1.82, 2.24) is 0 Å². The molecule has 0 aromatic rings. The quantitative estimate of drug-likeness (QED) is 0.166. The summed E-state index contributed by atoms with van der Waals surface area (Å²) in [6.07, 6.45) is 31.5. The Morgan fingerprint density at radius 1 is 0.615 bits per heavy atom. The van der Waals surface area contributed by atoms with Gasteiger partial charge in [0.25, 0.3) is 0 Å². The van der Waals surface area contributed by atoms with Crippen LogP contribution in [0.5, 0.6) is 0 Å². The molecule has 2 heteroatoms. The first kappa shape index (κ1) is 26.9. The van der Waals surface area contributed by atoms with Gasteiger partial charge in [0, 0.05) is 6.61 Å². The van der Waals surface area contributed by atoms with E-state index in [2.05, 4.69) is 31.2 Å². The van der Waals surface area contributed by atoms with Gasteiger partial charge in [-0.3, -0.25) is 0 Å². The van der Waals surface area contributed by atoms with Crippen LogP contribution < -0.4 is 0 Å². The smallest absolute Gasteiger partial charge is 0.0791 e. The standard InChI is InChI=1S/2C12H22O/c2*1-2-3-4-5-6-7-8-9-10-11-12-13/h9-13H,2-8H2,1H3;2-5,13H,6-12H2,1H3/b;3-2+,5-4+. The molecular formula is C24H44O2. The maximum atomic E-state index is 8.55. The van der Waals surface area contributed by atoms with Gasteiger partial charge >= 0.3 is 0 Å². The maximum Gasteiger partial charge on any atom is 0.0791 e. The van der Waals surface area contributed by atoms with Crippen LogP contribution in [0.3, 0.4) is 0 Å². The van der Waals surface area contributed by atoms with E-state index < -0.39 is 0 Å². The van der Waals surface area contributed by atoms with Crippen molar-refractivity contribution in [2.45, 2.75) is 97.3 Å². The van der Waals surface area contributed by atoms with Crippen molar-refractivity contribution in [2.24, 2.45) is 0 Å². The highest BCUT2D eigenvalue weighted by molar-refractivity contribution is 5.00. The van der Waals surface area contributed by atoms with Crippen LogP contribution in [0.4, 0.5) is 0 Å². The fourth-order valence-electron chi connectivity index (χ4n) is 2.46. The van der Waals surface area contributed by atoms with E-state index in [9.17, 15) is 0 Å². The van der Waals surface area contributed by atoms with Gasteiger partial charge in [0.05, 0.1) is 6.26 Å². The first-order chi connectivity index (χ1) is 12.8. The Balaban J connectivity index is 0. The Morgan fingerprint density at radius 2 is 1.12 bits per heavy atom. The Kier molecular flexibility index (Phi) is 29.6. The lowest BCUT2D eigenvalue weighted by atomic mass is 10.1. The Hall–Kier alpha value is -1.28. The highest BCUT2D eigenvalue weighted by Crippen LogP contribution is 2.07. The van der Waals surface area contributed by atoms with Crippen molar-refractivity contribution in [3.05, 3.63) is 48.8 Å². The first-order valence-corrected chi connectivity index (χ1v) is 10.7. The SMILES string of the molecule is C/C=C/C=C/CCCCCCCO.CCCCCCCCC=CC=CO. The molecule has 0 rings (SSSR count). The lowest BCUT2D eigenvalue weighted by molar-refractivity contribution is 0.282. The summed E-state index contributed by atoms with van der Waals surface area (Å²) in [5.74, 6) is 0. The molecule has 0 aliphatic carbocycles. The summed E-state index contributed by atoms with van der Waals surface area (Å²) in [5.41, 5.74) is 0. The average Bonchev–Trinajstić information content (AvgIpc) is 2.66. The van der Waals surface area contributed by atoms with Crippen LogP contribution in [0.2, 0.25) is 0 Å². The zero-order valence-corrected chi connectivity index (χ0v) is 17.4. The molecule has 0 heterocycles. The molecule has 0 saturated carbocycles. The van der Waals surface area contributed by atoms with Gasteiger partial charge in [-0.15, -0.1) is 0 Å². The van der Waals surface area contributed by atoms with Gasteiger partial charge in [-0.25, -0.2) is 0 Å². The van der Waals surface area contributed by atoms with Crippen LogP contribution >= 0.6 is 0 Å². The zero-order chi connectivity index (χ0) is 19.6. The third-order valence-corrected chi connectivity index (χ3v) is 4.03. The van der Waals surface area contributed by atoms with Crippen molar-refractivity contribution in [1.29, 1.82) is 0 Å². The lowest BCUT2D eigenvalue weighted by Gasteiger charge is -1.96. The van der Waals surface area contributed by atoms with Crippen LogP contribution in [-0.4, -0.2) is 16.8 Å². The lowest BCUT2D eigenvalue weighted by Crippen LogP contribution is -1.82. The van der Waals surface area contributed by atoms with Crippen molar-refractivity contribution in [3.8, 4) is 0 Å². The summed E-state index contributed by atoms with van der Waals surface area (Å²) in [6, 6.07) is 0. The van der Waals surface area contributed by atoms with Gasteiger partial charge < -0.3 is 10.2 Å². The minimum atomic E-state index is 0.348. The maximum absolute atomic E-state index is 8.55. The highest BCUT2D eigenvalue weighted by Gasteiger charge is 1.88. The summed E-state index contributed by atoms with van der Waals surface area (Å²) in [6.45, 7) is 4.62. The fraction of sp³-hybridized carbons (Fsp3) is 0.667. The molecule has 2 N–H and O–H groups in total. The van der Waals surface area contributed by atoms with E-state index in [0.717, 1.165) is 19.1 Å². The summed E-state index contributed by atoms with van der Waals surface area (Å²) >= 11 is 0. The molecule has 0 aliphatic heterocycles. The molecule has 0 bridgehead atoms. The normalized spacial score (nSPS) is 11.8. The van der Waals surface area contributed by atoms with Gasteiger partial charge in [-0.05, 0) is 45.1 Å². The van der Waals surface area contributed by atoms with Crippen molar-refractivity contribution < 1.29 is 10.2 Å². The predicted octanol–water partition coefficient (Wildman–Crippen LogP) is 7.82. The molecule has 0 fully saturated rings.